The lowest BCUT2D eigenvalue weighted by atomic mass is 10.1. The average molecular weight is 227 g/mol. The summed E-state index contributed by atoms with van der Waals surface area (Å²) in [6.07, 6.45) is 1.29. The van der Waals surface area contributed by atoms with Crippen LogP contribution in [0.5, 0.6) is 0 Å². The summed E-state index contributed by atoms with van der Waals surface area (Å²) in [5.41, 5.74) is 0. The maximum atomic E-state index is 5.36. The first kappa shape index (κ1) is 12.3. The van der Waals surface area contributed by atoms with Gasteiger partial charge in [-0.15, -0.1) is 0 Å². The molecule has 0 bridgehead atoms. The quantitative estimate of drug-likeness (QED) is 0.732. The maximum absolute atomic E-state index is 5.36. The highest BCUT2D eigenvalue weighted by atomic mass is 16.5. The molecule has 4 heteroatoms. The van der Waals surface area contributed by atoms with Crippen molar-refractivity contribution in [1.82, 2.24) is 15.1 Å². The Morgan fingerprint density at radius 3 is 2.50 bits per heavy atom. The van der Waals surface area contributed by atoms with Gasteiger partial charge in [-0.2, -0.15) is 0 Å². The minimum Gasteiger partial charge on any atom is -0.379 e. The molecule has 0 saturated carbocycles. The third kappa shape index (κ3) is 3.70. The molecule has 0 aromatic rings. The number of rotatable bonds is 4. The number of piperazine rings is 1. The Bertz CT molecular complexity index is 189. The molecule has 94 valence electrons. The van der Waals surface area contributed by atoms with Gasteiger partial charge < -0.3 is 10.1 Å². The van der Waals surface area contributed by atoms with Gasteiger partial charge in [-0.1, -0.05) is 0 Å². The summed E-state index contributed by atoms with van der Waals surface area (Å²) < 4.78 is 5.36. The van der Waals surface area contributed by atoms with Gasteiger partial charge in [0.15, 0.2) is 0 Å². The lowest BCUT2D eigenvalue weighted by Crippen LogP contribution is -2.48. The van der Waals surface area contributed by atoms with E-state index in [1.165, 1.54) is 26.1 Å². The molecule has 0 spiro atoms. The first-order chi connectivity index (χ1) is 7.86. The van der Waals surface area contributed by atoms with Crippen molar-refractivity contribution in [3.63, 3.8) is 0 Å². The Balaban J connectivity index is 1.63. The fourth-order valence-corrected chi connectivity index (χ4v) is 2.50. The highest BCUT2D eigenvalue weighted by Crippen LogP contribution is 2.07. The molecule has 4 nitrogen and oxygen atoms in total. The SMILES string of the molecule is CC(CCN1CCOCC1)N1CCNCC1. The van der Waals surface area contributed by atoms with E-state index in [0.717, 1.165) is 45.4 Å². The van der Waals surface area contributed by atoms with Crippen LogP contribution in [0, 0.1) is 0 Å². The van der Waals surface area contributed by atoms with E-state index in [4.69, 9.17) is 4.74 Å². The number of morpholine rings is 1. The van der Waals surface area contributed by atoms with Crippen LogP contribution >= 0.6 is 0 Å². The molecule has 2 aliphatic heterocycles. The fourth-order valence-electron chi connectivity index (χ4n) is 2.50. The molecule has 0 aromatic heterocycles. The number of hydrogen-bond acceptors (Lipinski definition) is 4. The van der Waals surface area contributed by atoms with Crippen molar-refractivity contribution in [1.29, 1.82) is 0 Å². The van der Waals surface area contributed by atoms with Crippen LogP contribution in [-0.2, 0) is 4.74 Å². The maximum Gasteiger partial charge on any atom is 0.0594 e. The zero-order valence-electron chi connectivity index (χ0n) is 10.5. The summed E-state index contributed by atoms with van der Waals surface area (Å²) in [5.74, 6) is 0. The van der Waals surface area contributed by atoms with E-state index in [9.17, 15) is 0 Å². The highest BCUT2D eigenvalue weighted by molar-refractivity contribution is 4.75. The highest BCUT2D eigenvalue weighted by Gasteiger charge is 2.17. The van der Waals surface area contributed by atoms with Gasteiger partial charge in [0.2, 0.25) is 0 Å². The predicted molar refractivity (Wildman–Crippen MR) is 65.8 cm³/mol. The molecule has 2 heterocycles. The van der Waals surface area contributed by atoms with Crippen LogP contribution in [0.4, 0.5) is 0 Å². The molecule has 0 aliphatic carbocycles. The molecule has 1 atom stereocenters. The Morgan fingerprint density at radius 2 is 1.81 bits per heavy atom. The topological polar surface area (TPSA) is 27.7 Å². The van der Waals surface area contributed by atoms with Gasteiger partial charge in [0.25, 0.3) is 0 Å². The van der Waals surface area contributed by atoms with Crippen LogP contribution in [0.15, 0.2) is 0 Å². The molecule has 16 heavy (non-hydrogen) atoms. The molecule has 1 unspecified atom stereocenters. The van der Waals surface area contributed by atoms with Gasteiger partial charge in [0.05, 0.1) is 13.2 Å². The predicted octanol–water partition coefficient (Wildman–Crippen LogP) is 0.00240. The second-order valence-electron chi connectivity index (χ2n) is 4.88. The van der Waals surface area contributed by atoms with Crippen LogP contribution in [-0.4, -0.2) is 74.9 Å². The second-order valence-corrected chi connectivity index (χ2v) is 4.88. The van der Waals surface area contributed by atoms with Crippen LogP contribution in [0.25, 0.3) is 0 Å². The first-order valence-electron chi connectivity index (χ1n) is 6.61. The third-order valence-electron chi connectivity index (χ3n) is 3.74. The van der Waals surface area contributed by atoms with Gasteiger partial charge in [-0.3, -0.25) is 9.80 Å². The zero-order chi connectivity index (χ0) is 11.2. The summed E-state index contributed by atoms with van der Waals surface area (Å²) in [6.45, 7) is 12.4. The zero-order valence-corrected chi connectivity index (χ0v) is 10.5. The van der Waals surface area contributed by atoms with Gasteiger partial charge >= 0.3 is 0 Å². The number of nitrogens with one attached hydrogen (secondary N) is 1. The van der Waals surface area contributed by atoms with Crippen molar-refractivity contribution in [2.24, 2.45) is 0 Å². The van der Waals surface area contributed by atoms with Crippen molar-refractivity contribution < 1.29 is 4.74 Å². The average Bonchev–Trinajstić information content (AvgIpc) is 2.38. The van der Waals surface area contributed by atoms with E-state index in [0.29, 0.717) is 0 Å². The van der Waals surface area contributed by atoms with Crippen molar-refractivity contribution >= 4 is 0 Å². The summed E-state index contributed by atoms with van der Waals surface area (Å²) in [7, 11) is 0. The minimum absolute atomic E-state index is 0.727. The molecule has 0 aromatic carbocycles. The summed E-state index contributed by atoms with van der Waals surface area (Å²) in [5, 5.41) is 3.41. The van der Waals surface area contributed by atoms with Crippen LogP contribution in [0.1, 0.15) is 13.3 Å². The molecule has 2 rings (SSSR count). The number of nitrogens with zero attached hydrogens (tertiary/aromatic N) is 2. The number of hydrogen-bond donors (Lipinski definition) is 1. The summed E-state index contributed by atoms with van der Waals surface area (Å²) in [6, 6.07) is 0.727. The molecule has 2 aliphatic rings. The second kappa shape index (κ2) is 6.55. The Labute approximate surface area is 98.9 Å². The fraction of sp³-hybridized carbons (Fsp3) is 1.00. The van der Waals surface area contributed by atoms with Gasteiger partial charge in [-0.25, -0.2) is 0 Å². The molecule has 0 radical (unpaired) electrons. The third-order valence-corrected chi connectivity index (χ3v) is 3.74. The normalized spacial score (nSPS) is 26.8. The molecule has 0 amide bonds. The van der Waals surface area contributed by atoms with E-state index in [1.54, 1.807) is 0 Å². The summed E-state index contributed by atoms with van der Waals surface area (Å²) >= 11 is 0. The largest absolute Gasteiger partial charge is 0.379 e. The lowest BCUT2D eigenvalue weighted by molar-refractivity contribution is 0.0331. The summed E-state index contributed by atoms with van der Waals surface area (Å²) in [4.78, 5) is 5.14. The van der Waals surface area contributed by atoms with E-state index in [-0.39, 0.29) is 0 Å². The van der Waals surface area contributed by atoms with Crippen molar-refractivity contribution in [3.05, 3.63) is 0 Å². The van der Waals surface area contributed by atoms with Crippen molar-refractivity contribution in [3.8, 4) is 0 Å². The van der Waals surface area contributed by atoms with Crippen molar-refractivity contribution in [2.45, 2.75) is 19.4 Å². The van der Waals surface area contributed by atoms with Crippen LogP contribution in [0.3, 0.4) is 0 Å². The number of ether oxygens (including phenoxy) is 1. The molecule has 2 fully saturated rings. The monoisotopic (exact) mass is 227 g/mol. The first-order valence-corrected chi connectivity index (χ1v) is 6.61. The van der Waals surface area contributed by atoms with Crippen LogP contribution < -0.4 is 5.32 Å². The molecule has 1 N–H and O–H groups in total. The van der Waals surface area contributed by atoms with E-state index >= 15 is 0 Å². The Morgan fingerprint density at radius 1 is 1.12 bits per heavy atom. The van der Waals surface area contributed by atoms with Gasteiger partial charge in [0, 0.05) is 45.3 Å². The van der Waals surface area contributed by atoms with Gasteiger partial charge in [0.1, 0.15) is 0 Å². The van der Waals surface area contributed by atoms with Crippen molar-refractivity contribution in [2.75, 3.05) is 59.0 Å². The van der Waals surface area contributed by atoms with Gasteiger partial charge in [-0.05, 0) is 19.9 Å². The molecular formula is C12H25N3O. The standard InChI is InChI=1S/C12H25N3O/c1-12(15-6-3-13-4-7-15)2-5-14-8-10-16-11-9-14/h12-13H,2-11H2,1H3. The Kier molecular flexibility index (Phi) is 5.03. The smallest absolute Gasteiger partial charge is 0.0594 e. The van der Waals surface area contributed by atoms with E-state index < -0.39 is 0 Å². The van der Waals surface area contributed by atoms with E-state index in [2.05, 4.69) is 22.0 Å². The molecule has 2 saturated heterocycles. The Hall–Kier alpha value is -0.160. The minimum atomic E-state index is 0.727. The molecular weight excluding hydrogens is 202 g/mol. The lowest BCUT2D eigenvalue weighted by Gasteiger charge is -2.34. The van der Waals surface area contributed by atoms with E-state index in [1.807, 2.05) is 0 Å². The van der Waals surface area contributed by atoms with Crippen LogP contribution in [0.2, 0.25) is 0 Å².